The number of nitrogens with zero attached hydrogens (tertiary/aromatic N) is 3. The Morgan fingerprint density at radius 2 is 2.31 bits per heavy atom. The first-order valence-corrected chi connectivity index (χ1v) is 3.89. The summed E-state index contributed by atoms with van der Waals surface area (Å²) in [5.41, 5.74) is -0.168. The summed E-state index contributed by atoms with van der Waals surface area (Å²) in [5.74, 6) is -0.842. The van der Waals surface area contributed by atoms with Crippen LogP contribution in [-0.4, -0.2) is 26.5 Å². The molecular weight excluding hydrogens is 170 g/mol. The van der Waals surface area contributed by atoms with Gasteiger partial charge in [-0.05, 0) is 25.1 Å². The van der Waals surface area contributed by atoms with Crippen molar-refractivity contribution in [3.63, 3.8) is 0 Å². The number of aromatic nitrogens is 3. The molecule has 1 N–H and O–H groups in total. The van der Waals surface area contributed by atoms with Crippen molar-refractivity contribution < 1.29 is 9.90 Å². The van der Waals surface area contributed by atoms with Gasteiger partial charge >= 0.3 is 5.97 Å². The second-order valence-electron chi connectivity index (χ2n) is 3.48. The van der Waals surface area contributed by atoms with E-state index in [0.29, 0.717) is 12.1 Å². The SMILES string of the molecule is CC(C)(Cc1ccnnn1)C(=O)O. The Kier molecular flexibility index (Phi) is 2.55. The summed E-state index contributed by atoms with van der Waals surface area (Å²) in [6.07, 6.45) is 1.86. The average Bonchev–Trinajstić information content (AvgIpc) is 2.05. The highest BCUT2D eigenvalue weighted by molar-refractivity contribution is 5.73. The van der Waals surface area contributed by atoms with Gasteiger partial charge in [0.15, 0.2) is 0 Å². The molecule has 1 heterocycles. The maximum atomic E-state index is 10.8. The molecule has 0 aliphatic rings. The van der Waals surface area contributed by atoms with E-state index in [1.165, 1.54) is 6.20 Å². The Morgan fingerprint density at radius 3 is 2.77 bits per heavy atom. The van der Waals surface area contributed by atoms with E-state index in [9.17, 15) is 4.79 Å². The molecule has 0 unspecified atom stereocenters. The van der Waals surface area contributed by atoms with E-state index in [-0.39, 0.29) is 0 Å². The largest absolute Gasteiger partial charge is 0.481 e. The lowest BCUT2D eigenvalue weighted by Crippen LogP contribution is -2.26. The molecule has 0 saturated heterocycles. The van der Waals surface area contributed by atoms with Crippen LogP contribution in [0, 0.1) is 5.41 Å². The van der Waals surface area contributed by atoms with E-state index in [0.717, 1.165) is 0 Å². The van der Waals surface area contributed by atoms with Gasteiger partial charge in [-0.3, -0.25) is 4.79 Å². The predicted octanol–water partition coefficient (Wildman–Crippen LogP) is 0.525. The highest BCUT2D eigenvalue weighted by atomic mass is 16.4. The quantitative estimate of drug-likeness (QED) is 0.735. The second-order valence-corrected chi connectivity index (χ2v) is 3.48. The van der Waals surface area contributed by atoms with Gasteiger partial charge < -0.3 is 5.11 Å². The van der Waals surface area contributed by atoms with Crippen LogP contribution in [0.4, 0.5) is 0 Å². The molecule has 0 amide bonds. The van der Waals surface area contributed by atoms with Gasteiger partial charge in [0.2, 0.25) is 0 Å². The number of rotatable bonds is 3. The Hall–Kier alpha value is -1.52. The first-order chi connectivity index (χ1) is 6.02. The molecule has 1 aromatic heterocycles. The summed E-state index contributed by atoms with van der Waals surface area (Å²) in [5, 5.41) is 19.5. The summed E-state index contributed by atoms with van der Waals surface area (Å²) >= 11 is 0. The average molecular weight is 181 g/mol. The summed E-state index contributed by atoms with van der Waals surface area (Å²) in [7, 11) is 0. The zero-order valence-electron chi connectivity index (χ0n) is 7.56. The normalized spacial score (nSPS) is 11.2. The van der Waals surface area contributed by atoms with E-state index in [1.807, 2.05) is 0 Å². The molecule has 70 valence electrons. The van der Waals surface area contributed by atoms with Crippen LogP contribution in [0.15, 0.2) is 12.3 Å². The standard InChI is InChI=1S/C8H11N3O2/c1-8(2,7(12)13)5-6-3-4-9-11-10-6/h3-4H,5H2,1-2H3,(H,12,13). The predicted molar refractivity (Wildman–Crippen MR) is 44.9 cm³/mol. The molecule has 1 aromatic rings. The fourth-order valence-corrected chi connectivity index (χ4v) is 0.888. The highest BCUT2D eigenvalue weighted by Crippen LogP contribution is 2.19. The second kappa shape index (κ2) is 3.47. The number of aliphatic carboxylic acids is 1. The van der Waals surface area contributed by atoms with Crippen LogP contribution in [0.3, 0.4) is 0 Å². The molecule has 0 aliphatic heterocycles. The van der Waals surface area contributed by atoms with Crippen LogP contribution in [0.1, 0.15) is 19.5 Å². The van der Waals surface area contributed by atoms with Crippen molar-refractivity contribution in [2.45, 2.75) is 20.3 Å². The topological polar surface area (TPSA) is 76.0 Å². The number of hydrogen-bond donors (Lipinski definition) is 1. The van der Waals surface area contributed by atoms with Crippen LogP contribution in [0.2, 0.25) is 0 Å². The molecule has 0 spiro atoms. The molecular formula is C8H11N3O2. The number of hydrogen-bond acceptors (Lipinski definition) is 4. The maximum absolute atomic E-state index is 10.8. The fourth-order valence-electron chi connectivity index (χ4n) is 0.888. The van der Waals surface area contributed by atoms with Crippen LogP contribution in [0.5, 0.6) is 0 Å². The molecule has 0 bridgehead atoms. The molecule has 0 aromatic carbocycles. The van der Waals surface area contributed by atoms with E-state index in [2.05, 4.69) is 15.4 Å². The summed E-state index contributed by atoms with van der Waals surface area (Å²) in [6, 6.07) is 1.66. The van der Waals surface area contributed by atoms with E-state index in [1.54, 1.807) is 19.9 Å². The lowest BCUT2D eigenvalue weighted by Gasteiger charge is -2.17. The zero-order chi connectivity index (χ0) is 9.90. The Morgan fingerprint density at radius 1 is 1.62 bits per heavy atom. The van der Waals surface area contributed by atoms with Gasteiger partial charge in [0.25, 0.3) is 0 Å². The minimum atomic E-state index is -0.842. The molecule has 5 heteroatoms. The molecule has 0 fully saturated rings. The van der Waals surface area contributed by atoms with Crippen LogP contribution in [0.25, 0.3) is 0 Å². The summed E-state index contributed by atoms with van der Waals surface area (Å²) in [6.45, 7) is 3.30. The molecule has 0 atom stereocenters. The number of carboxylic acids is 1. The van der Waals surface area contributed by atoms with Gasteiger partial charge in [-0.2, -0.15) is 0 Å². The van der Waals surface area contributed by atoms with Crippen molar-refractivity contribution in [3.05, 3.63) is 18.0 Å². The first kappa shape index (κ1) is 9.57. The molecule has 0 aliphatic carbocycles. The molecule has 13 heavy (non-hydrogen) atoms. The van der Waals surface area contributed by atoms with Gasteiger partial charge in [0.05, 0.1) is 17.3 Å². The van der Waals surface area contributed by atoms with Crippen LogP contribution in [-0.2, 0) is 11.2 Å². The van der Waals surface area contributed by atoms with Gasteiger partial charge in [0.1, 0.15) is 0 Å². The maximum Gasteiger partial charge on any atom is 0.309 e. The van der Waals surface area contributed by atoms with E-state index in [4.69, 9.17) is 5.11 Å². The van der Waals surface area contributed by atoms with Crippen molar-refractivity contribution >= 4 is 5.97 Å². The van der Waals surface area contributed by atoms with Crippen molar-refractivity contribution in [3.8, 4) is 0 Å². The lowest BCUT2D eigenvalue weighted by molar-refractivity contribution is -0.146. The lowest BCUT2D eigenvalue weighted by atomic mass is 9.88. The minimum Gasteiger partial charge on any atom is -0.481 e. The van der Waals surface area contributed by atoms with Crippen molar-refractivity contribution in [1.29, 1.82) is 0 Å². The van der Waals surface area contributed by atoms with Gasteiger partial charge in [-0.25, -0.2) is 0 Å². The Balaban J connectivity index is 2.75. The van der Waals surface area contributed by atoms with E-state index >= 15 is 0 Å². The first-order valence-electron chi connectivity index (χ1n) is 3.89. The van der Waals surface area contributed by atoms with Crippen LogP contribution >= 0.6 is 0 Å². The number of carboxylic acid groups (broad SMARTS) is 1. The zero-order valence-corrected chi connectivity index (χ0v) is 7.56. The minimum absolute atomic E-state index is 0.359. The number of carbonyl (C=O) groups is 1. The Labute approximate surface area is 75.8 Å². The van der Waals surface area contributed by atoms with E-state index < -0.39 is 11.4 Å². The third kappa shape index (κ3) is 2.47. The third-order valence-corrected chi connectivity index (χ3v) is 1.76. The molecule has 1 rings (SSSR count). The van der Waals surface area contributed by atoms with Gasteiger partial charge in [0, 0.05) is 6.42 Å². The van der Waals surface area contributed by atoms with Crippen molar-refractivity contribution in [2.24, 2.45) is 5.41 Å². The van der Waals surface area contributed by atoms with Crippen molar-refractivity contribution in [2.75, 3.05) is 0 Å². The monoisotopic (exact) mass is 181 g/mol. The molecule has 0 radical (unpaired) electrons. The van der Waals surface area contributed by atoms with Crippen LogP contribution < -0.4 is 0 Å². The van der Waals surface area contributed by atoms with Gasteiger partial charge in [-0.1, -0.05) is 0 Å². The smallest absolute Gasteiger partial charge is 0.309 e. The van der Waals surface area contributed by atoms with Crippen molar-refractivity contribution in [1.82, 2.24) is 15.4 Å². The van der Waals surface area contributed by atoms with Gasteiger partial charge in [-0.15, -0.1) is 10.2 Å². The summed E-state index contributed by atoms with van der Waals surface area (Å²) < 4.78 is 0. The highest BCUT2D eigenvalue weighted by Gasteiger charge is 2.27. The summed E-state index contributed by atoms with van der Waals surface area (Å²) in [4.78, 5) is 10.8. The third-order valence-electron chi connectivity index (χ3n) is 1.76. The molecule has 0 saturated carbocycles. The fraction of sp³-hybridized carbons (Fsp3) is 0.500. The Bertz CT molecular complexity index is 298. The molecule has 5 nitrogen and oxygen atoms in total.